The quantitative estimate of drug-likeness (QED) is 0.702. The van der Waals surface area contributed by atoms with E-state index in [-0.39, 0.29) is 0 Å². The minimum atomic E-state index is -0.415. The Labute approximate surface area is 91.4 Å². The maximum absolute atomic E-state index is 10.7. The van der Waals surface area contributed by atoms with Gasteiger partial charge in [-0.15, -0.1) is 0 Å². The fourth-order valence-corrected chi connectivity index (χ4v) is 3.60. The van der Waals surface area contributed by atoms with Crippen molar-refractivity contribution >= 4 is 0 Å². The lowest BCUT2D eigenvalue weighted by Crippen LogP contribution is -2.51. The molecule has 0 radical (unpaired) electrons. The van der Waals surface area contributed by atoms with Gasteiger partial charge < -0.3 is 14.7 Å². The number of hydrogen-bond donors (Lipinski definition) is 1. The number of hydrogen-bond acceptors (Lipinski definition) is 3. The van der Waals surface area contributed by atoms with Crippen LogP contribution in [0.1, 0.15) is 32.1 Å². The highest BCUT2D eigenvalue weighted by molar-refractivity contribution is 4.98. The van der Waals surface area contributed by atoms with Gasteiger partial charge in [-0.1, -0.05) is 0 Å². The van der Waals surface area contributed by atoms with Crippen molar-refractivity contribution in [3.05, 3.63) is 0 Å². The third kappa shape index (κ3) is 1.71. The van der Waals surface area contributed by atoms with Crippen LogP contribution in [0.3, 0.4) is 0 Å². The van der Waals surface area contributed by atoms with E-state index in [2.05, 4.69) is 4.90 Å². The molecule has 3 fully saturated rings. The Balaban J connectivity index is 1.70. The smallest absolute Gasteiger partial charge is 0.0725 e. The Morgan fingerprint density at radius 1 is 1.27 bits per heavy atom. The molecule has 3 saturated heterocycles. The maximum atomic E-state index is 10.7. The molecular formula is C12H21NO2. The maximum Gasteiger partial charge on any atom is 0.0725 e. The summed E-state index contributed by atoms with van der Waals surface area (Å²) >= 11 is 0. The van der Waals surface area contributed by atoms with Crippen molar-refractivity contribution in [1.82, 2.24) is 4.90 Å². The molecule has 0 aliphatic carbocycles. The summed E-state index contributed by atoms with van der Waals surface area (Å²) in [4.78, 5) is 2.56. The van der Waals surface area contributed by atoms with Crippen LogP contribution in [0.25, 0.3) is 0 Å². The predicted molar refractivity (Wildman–Crippen MR) is 57.7 cm³/mol. The predicted octanol–water partition coefficient (Wildman–Crippen LogP) is 1.01. The van der Waals surface area contributed by atoms with Crippen LogP contribution < -0.4 is 0 Å². The van der Waals surface area contributed by atoms with Gasteiger partial charge in [-0.3, -0.25) is 0 Å². The van der Waals surface area contributed by atoms with E-state index < -0.39 is 5.60 Å². The zero-order chi connectivity index (χ0) is 10.3. The van der Waals surface area contributed by atoms with Crippen LogP contribution in [0.15, 0.2) is 0 Å². The number of rotatable bonds is 1. The van der Waals surface area contributed by atoms with Gasteiger partial charge in [0.2, 0.25) is 0 Å². The third-order valence-corrected chi connectivity index (χ3v) is 4.61. The number of aliphatic hydroxyl groups is 1. The summed E-state index contributed by atoms with van der Waals surface area (Å²) in [6.45, 7) is 3.98. The molecule has 15 heavy (non-hydrogen) atoms. The monoisotopic (exact) mass is 211 g/mol. The molecule has 0 aromatic rings. The first-order valence-electron chi connectivity index (χ1n) is 6.32. The lowest BCUT2D eigenvalue weighted by molar-refractivity contribution is -0.0798. The summed E-state index contributed by atoms with van der Waals surface area (Å²) in [5.74, 6) is 0.403. The molecule has 0 spiro atoms. The molecule has 0 amide bonds. The van der Waals surface area contributed by atoms with Gasteiger partial charge in [-0.2, -0.15) is 0 Å². The Hall–Kier alpha value is -0.120. The Morgan fingerprint density at radius 2 is 2.20 bits per heavy atom. The topological polar surface area (TPSA) is 32.7 Å². The van der Waals surface area contributed by atoms with Crippen LogP contribution in [0.5, 0.6) is 0 Å². The highest BCUT2D eigenvalue weighted by Gasteiger charge is 2.45. The van der Waals surface area contributed by atoms with E-state index in [1.165, 1.54) is 19.4 Å². The largest absolute Gasteiger partial charge is 0.389 e. The van der Waals surface area contributed by atoms with Crippen molar-refractivity contribution in [1.29, 1.82) is 0 Å². The Kier molecular flexibility index (Phi) is 2.49. The number of piperidine rings is 1. The van der Waals surface area contributed by atoms with Crippen LogP contribution in [0.4, 0.5) is 0 Å². The average Bonchev–Trinajstić information content (AvgIpc) is 2.87. The zero-order valence-electron chi connectivity index (χ0n) is 9.32. The van der Waals surface area contributed by atoms with Gasteiger partial charge in [0.25, 0.3) is 0 Å². The van der Waals surface area contributed by atoms with E-state index in [0.717, 1.165) is 39.0 Å². The van der Waals surface area contributed by atoms with Gasteiger partial charge in [0.15, 0.2) is 0 Å². The number of ether oxygens (including phenoxy) is 1. The molecule has 3 unspecified atom stereocenters. The summed E-state index contributed by atoms with van der Waals surface area (Å²) < 4.78 is 5.41. The molecule has 3 heteroatoms. The van der Waals surface area contributed by atoms with Gasteiger partial charge in [0.1, 0.15) is 0 Å². The van der Waals surface area contributed by atoms with Gasteiger partial charge in [0, 0.05) is 25.1 Å². The van der Waals surface area contributed by atoms with Crippen LogP contribution >= 0.6 is 0 Å². The summed E-state index contributed by atoms with van der Waals surface area (Å²) in [7, 11) is 0. The molecule has 1 N–H and O–H groups in total. The second-order valence-corrected chi connectivity index (χ2v) is 5.45. The summed E-state index contributed by atoms with van der Waals surface area (Å²) in [5, 5.41) is 10.7. The van der Waals surface area contributed by atoms with E-state index in [0.29, 0.717) is 12.0 Å². The van der Waals surface area contributed by atoms with Crippen LogP contribution in [-0.2, 0) is 4.74 Å². The molecule has 3 nitrogen and oxygen atoms in total. The Bertz CT molecular complexity index is 240. The van der Waals surface area contributed by atoms with Crippen LogP contribution in [0.2, 0.25) is 0 Å². The Morgan fingerprint density at radius 3 is 3.00 bits per heavy atom. The number of fused-ring (bicyclic) bond motifs is 1. The van der Waals surface area contributed by atoms with Crippen molar-refractivity contribution < 1.29 is 9.84 Å². The van der Waals surface area contributed by atoms with Crippen LogP contribution in [0, 0.1) is 5.92 Å². The van der Waals surface area contributed by atoms with Crippen molar-refractivity contribution in [2.75, 3.05) is 26.3 Å². The zero-order valence-corrected chi connectivity index (χ0v) is 9.32. The number of nitrogens with zero attached hydrogens (tertiary/aromatic N) is 1. The minimum Gasteiger partial charge on any atom is -0.389 e. The van der Waals surface area contributed by atoms with Crippen molar-refractivity contribution in [2.24, 2.45) is 5.92 Å². The molecule has 3 aliphatic heterocycles. The van der Waals surface area contributed by atoms with Gasteiger partial charge in [0.05, 0.1) is 12.2 Å². The fourth-order valence-electron chi connectivity index (χ4n) is 3.60. The molecule has 0 aromatic heterocycles. The first-order chi connectivity index (χ1) is 7.28. The van der Waals surface area contributed by atoms with Gasteiger partial charge in [-0.05, 0) is 38.6 Å². The highest BCUT2D eigenvalue weighted by Crippen LogP contribution is 2.40. The molecule has 3 rings (SSSR count). The first-order valence-corrected chi connectivity index (χ1v) is 6.32. The summed E-state index contributed by atoms with van der Waals surface area (Å²) in [6.07, 6.45) is 5.61. The molecular weight excluding hydrogens is 190 g/mol. The minimum absolute atomic E-state index is 0.403. The summed E-state index contributed by atoms with van der Waals surface area (Å²) in [5.41, 5.74) is -0.415. The van der Waals surface area contributed by atoms with Crippen molar-refractivity contribution in [2.45, 2.75) is 43.7 Å². The van der Waals surface area contributed by atoms with Crippen molar-refractivity contribution in [3.8, 4) is 0 Å². The molecule has 0 saturated carbocycles. The van der Waals surface area contributed by atoms with E-state index in [9.17, 15) is 5.11 Å². The van der Waals surface area contributed by atoms with Gasteiger partial charge >= 0.3 is 0 Å². The molecule has 86 valence electrons. The third-order valence-electron chi connectivity index (χ3n) is 4.61. The lowest BCUT2D eigenvalue weighted by atomic mass is 9.76. The average molecular weight is 211 g/mol. The fraction of sp³-hybridized carbons (Fsp3) is 1.00. The van der Waals surface area contributed by atoms with E-state index in [1.54, 1.807) is 0 Å². The molecule has 3 aliphatic rings. The first kappa shape index (κ1) is 10.1. The second kappa shape index (κ2) is 3.72. The molecule has 0 bridgehead atoms. The van der Waals surface area contributed by atoms with Gasteiger partial charge in [-0.25, -0.2) is 0 Å². The SMILES string of the molecule is OC1(C2CCOC2)CCN2CCCC2C1. The summed E-state index contributed by atoms with van der Waals surface area (Å²) in [6, 6.07) is 0.657. The van der Waals surface area contributed by atoms with Crippen LogP contribution in [-0.4, -0.2) is 48.0 Å². The van der Waals surface area contributed by atoms with E-state index in [1.807, 2.05) is 0 Å². The standard InChI is InChI=1S/C12H21NO2/c14-12(10-3-7-15-9-10)4-6-13-5-1-2-11(13)8-12/h10-11,14H,1-9H2. The lowest BCUT2D eigenvalue weighted by Gasteiger charge is -2.43. The van der Waals surface area contributed by atoms with E-state index in [4.69, 9.17) is 4.74 Å². The van der Waals surface area contributed by atoms with Crippen molar-refractivity contribution in [3.63, 3.8) is 0 Å². The molecule has 3 heterocycles. The molecule has 0 aromatic carbocycles. The normalized spacial score (nSPS) is 47.0. The highest BCUT2D eigenvalue weighted by atomic mass is 16.5. The molecule has 3 atom stereocenters. The van der Waals surface area contributed by atoms with E-state index >= 15 is 0 Å². The second-order valence-electron chi connectivity index (χ2n) is 5.45.